The maximum atomic E-state index is 13.4. The molecule has 0 heterocycles. The first-order valence-electron chi connectivity index (χ1n) is 11.0. The fraction of sp³-hybridized carbons (Fsp3) is 0.130. The molecule has 14 nitrogen and oxygen atoms in total. The van der Waals surface area contributed by atoms with Crippen molar-refractivity contribution in [1.29, 1.82) is 0 Å². The van der Waals surface area contributed by atoms with Gasteiger partial charge in [-0.05, 0) is 42.8 Å². The van der Waals surface area contributed by atoms with Crippen LogP contribution in [0.25, 0.3) is 0 Å². The van der Waals surface area contributed by atoms with Gasteiger partial charge in [0, 0.05) is 24.4 Å². The van der Waals surface area contributed by atoms with Crippen molar-refractivity contribution in [3.05, 3.63) is 94.0 Å². The molecular formula is C23H23N5O9S2. The van der Waals surface area contributed by atoms with E-state index in [1.807, 2.05) is 4.72 Å². The van der Waals surface area contributed by atoms with Crippen LogP contribution in [0.15, 0.2) is 82.6 Å². The van der Waals surface area contributed by atoms with Crippen molar-refractivity contribution in [2.24, 2.45) is 0 Å². The molecule has 0 spiro atoms. The van der Waals surface area contributed by atoms with Gasteiger partial charge in [-0.15, -0.1) is 0 Å². The van der Waals surface area contributed by atoms with Crippen molar-refractivity contribution in [2.75, 3.05) is 11.9 Å². The van der Waals surface area contributed by atoms with Gasteiger partial charge in [-0.25, -0.2) is 31.8 Å². The summed E-state index contributed by atoms with van der Waals surface area (Å²) < 4.78 is 54.2. The third-order valence-corrected chi connectivity index (χ3v) is 8.37. The molecule has 3 rings (SSSR count). The Kier molecular flexibility index (Phi) is 8.97. The van der Waals surface area contributed by atoms with Gasteiger partial charge in [-0.3, -0.25) is 20.1 Å². The first-order valence-corrected chi connectivity index (χ1v) is 13.9. The quantitative estimate of drug-likeness (QED) is 0.158. The lowest BCUT2D eigenvalue weighted by atomic mass is 10.2. The van der Waals surface area contributed by atoms with Crippen LogP contribution in [0.5, 0.6) is 0 Å². The third kappa shape index (κ3) is 7.57. The summed E-state index contributed by atoms with van der Waals surface area (Å²) in [7, 11) is -8.64. The Morgan fingerprint density at radius 1 is 0.949 bits per heavy atom. The number of amides is 3. The number of anilines is 1. The molecule has 3 aromatic carbocycles. The lowest BCUT2D eigenvalue weighted by Gasteiger charge is -2.21. The zero-order valence-electron chi connectivity index (χ0n) is 20.3. The van der Waals surface area contributed by atoms with E-state index in [9.17, 15) is 36.5 Å². The molecule has 0 radical (unpaired) electrons. The molecule has 39 heavy (non-hydrogen) atoms. The highest BCUT2D eigenvalue weighted by atomic mass is 32.2. The monoisotopic (exact) mass is 577 g/mol. The molecule has 0 aliphatic rings. The van der Waals surface area contributed by atoms with Crippen LogP contribution in [-0.4, -0.2) is 49.8 Å². The van der Waals surface area contributed by atoms with Crippen LogP contribution in [0, 0.1) is 17.0 Å². The summed E-state index contributed by atoms with van der Waals surface area (Å²) in [6.07, 6.45) is 0. The van der Waals surface area contributed by atoms with E-state index in [1.54, 1.807) is 19.1 Å². The fourth-order valence-electron chi connectivity index (χ4n) is 3.29. The second-order valence-corrected chi connectivity index (χ2v) is 11.8. The van der Waals surface area contributed by atoms with Crippen LogP contribution in [0.3, 0.4) is 0 Å². The van der Waals surface area contributed by atoms with E-state index in [4.69, 9.17) is 5.21 Å². The van der Waals surface area contributed by atoms with Crippen molar-refractivity contribution in [3.8, 4) is 0 Å². The number of hydrogen-bond acceptors (Lipinski definition) is 9. The molecular weight excluding hydrogens is 554 g/mol. The van der Waals surface area contributed by atoms with Crippen molar-refractivity contribution in [1.82, 2.24) is 14.5 Å². The van der Waals surface area contributed by atoms with Crippen LogP contribution in [0.1, 0.15) is 11.1 Å². The van der Waals surface area contributed by atoms with Crippen LogP contribution in [0.4, 0.5) is 16.2 Å². The topological polar surface area (TPSA) is 205 Å². The van der Waals surface area contributed by atoms with Crippen molar-refractivity contribution >= 4 is 43.4 Å². The van der Waals surface area contributed by atoms with Crippen LogP contribution >= 0.6 is 0 Å². The van der Waals surface area contributed by atoms with E-state index < -0.39 is 43.5 Å². The summed E-state index contributed by atoms with van der Waals surface area (Å²) in [5, 5.41) is 22.1. The van der Waals surface area contributed by atoms with E-state index in [0.717, 1.165) is 11.6 Å². The number of urea groups is 1. The molecule has 0 unspecified atom stereocenters. The largest absolute Gasteiger partial charge is 0.333 e. The zero-order chi connectivity index (χ0) is 28.8. The van der Waals surface area contributed by atoms with Crippen LogP contribution in [-0.2, 0) is 31.4 Å². The number of nitrogens with zero attached hydrogens (tertiary/aromatic N) is 2. The minimum absolute atomic E-state index is 0.0745. The predicted molar refractivity (Wildman–Crippen MR) is 138 cm³/mol. The number of carbonyl (C=O) groups excluding carboxylic acids is 2. The average molecular weight is 578 g/mol. The number of aryl methyl sites for hydroxylation is 1. The molecule has 206 valence electrons. The van der Waals surface area contributed by atoms with Gasteiger partial charge >= 0.3 is 6.03 Å². The highest BCUT2D eigenvalue weighted by molar-refractivity contribution is 7.90. The van der Waals surface area contributed by atoms with Gasteiger partial charge in [0.25, 0.3) is 21.6 Å². The molecule has 0 atom stereocenters. The van der Waals surface area contributed by atoms with E-state index >= 15 is 0 Å². The van der Waals surface area contributed by atoms with E-state index in [-0.39, 0.29) is 27.7 Å². The number of rotatable bonds is 10. The van der Waals surface area contributed by atoms with Gasteiger partial charge in [-0.1, -0.05) is 35.9 Å². The number of nitrogens with one attached hydrogen (secondary N) is 3. The molecule has 0 bridgehead atoms. The van der Waals surface area contributed by atoms with Gasteiger partial charge in [0.15, 0.2) is 0 Å². The highest BCUT2D eigenvalue weighted by Crippen LogP contribution is 2.23. The molecule has 0 saturated carbocycles. The highest BCUT2D eigenvalue weighted by Gasteiger charge is 2.28. The lowest BCUT2D eigenvalue weighted by Crippen LogP contribution is -2.39. The van der Waals surface area contributed by atoms with Gasteiger partial charge in [0.1, 0.15) is 0 Å². The molecule has 0 aliphatic carbocycles. The Balaban J connectivity index is 1.82. The summed E-state index contributed by atoms with van der Waals surface area (Å²) in [5.41, 5.74) is 2.18. The number of hydroxylamine groups is 1. The van der Waals surface area contributed by atoms with E-state index in [1.165, 1.54) is 60.1 Å². The Labute approximate surface area is 223 Å². The lowest BCUT2D eigenvalue weighted by molar-refractivity contribution is -0.384. The maximum absolute atomic E-state index is 13.4. The Morgan fingerprint density at radius 2 is 1.59 bits per heavy atom. The summed E-state index contributed by atoms with van der Waals surface area (Å²) in [6, 6.07) is 14.4. The minimum Gasteiger partial charge on any atom is -0.307 e. The zero-order valence-corrected chi connectivity index (χ0v) is 21.9. The molecule has 4 N–H and O–H groups in total. The van der Waals surface area contributed by atoms with Crippen molar-refractivity contribution in [2.45, 2.75) is 23.3 Å². The van der Waals surface area contributed by atoms with Crippen LogP contribution < -0.4 is 15.5 Å². The van der Waals surface area contributed by atoms with Gasteiger partial charge < -0.3 is 5.32 Å². The standard InChI is InChI=1S/C23H23N5O9S2/c1-16-5-11-20(12-6-16)38(34,35)26-23(30)24-18-3-2-4-21(13-18)39(36,37)27(15-22(29)25-31)14-17-7-9-19(10-8-17)28(32)33/h2-13,31H,14-15H2,1H3,(H,25,29)(H2,24,26,30). The first-order chi connectivity index (χ1) is 18.3. The third-order valence-electron chi connectivity index (χ3n) is 5.24. The first kappa shape index (κ1) is 29.2. The Bertz CT molecular complexity index is 1590. The SMILES string of the molecule is Cc1ccc(S(=O)(=O)NC(=O)Nc2cccc(S(=O)(=O)N(CC(=O)NO)Cc3ccc([N+](=O)[O-])cc3)c2)cc1. The summed E-state index contributed by atoms with van der Waals surface area (Å²) >= 11 is 0. The number of sulfonamides is 2. The smallest absolute Gasteiger partial charge is 0.307 e. The average Bonchev–Trinajstić information content (AvgIpc) is 2.88. The number of nitro groups is 1. The molecule has 0 fully saturated rings. The molecule has 0 aliphatic heterocycles. The van der Waals surface area contributed by atoms with Gasteiger partial charge in [0.05, 0.1) is 21.3 Å². The Hall–Kier alpha value is -4.38. The molecule has 0 aromatic heterocycles. The second-order valence-electron chi connectivity index (χ2n) is 8.13. The number of hydrogen-bond donors (Lipinski definition) is 4. The normalized spacial score (nSPS) is 11.6. The maximum Gasteiger partial charge on any atom is 0.333 e. The molecule has 3 amide bonds. The summed E-state index contributed by atoms with van der Waals surface area (Å²) in [5.74, 6) is -1.05. The molecule has 3 aromatic rings. The second kappa shape index (κ2) is 12.0. The van der Waals surface area contributed by atoms with E-state index in [0.29, 0.717) is 9.87 Å². The number of carbonyl (C=O) groups is 2. The fourth-order valence-corrected chi connectivity index (χ4v) is 5.62. The van der Waals surface area contributed by atoms with Crippen LogP contribution in [0.2, 0.25) is 0 Å². The number of nitro benzene ring substituents is 1. The van der Waals surface area contributed by atoms with Gasteiger partial charge in [-0.2, -0.15) is 4.31 Å². The van der Waals surface area contributed by atoms with Crippen molar-refractivity contribution < 1.29 is 36.6 Å². The van der Waals surface area contributed by atoms with E-state index in [2.05, 4.69) is 5.32 Å². The van der Waals surface area contributed by atoms with Gasteiger partial charge in [0.2, 0.25) is 10.0 Å². The molecule has 0 saturated heterocycles. The number of benzene rings is 3. The summed E-state index contributed by atoms with van der Waals surface area (Å²) in [6.45, 7) is 0.574. The number of non-ortho nitro benzene ring substituents is 1. The summed E-state index contributed by atoms with van der Waals surface area (Å²) in [4.78, 5) is 34.0. The minimum atomic E-state index is -4.43. The van der Waals surface area contributed by atoms with Crippen molar-refractivity contribution in [3.63, 3.8) is 0 Å². The Morgan fingerprint density at radius 3 is 2.18 bits per heavy atom. The predicted octanol–water partition coefficient (Wildman–Crippen LogP) is 2.11. The molecule has 16 heteroatoms.